The first-order valence-corrected chi connectivity index (χ1v) is 11.7. The third kappa shape index (κ3) is 4.75. The van der Waals surface area contributed by atoms with E-state index < -0.39 is 29.7 Å². The molecular weight excluding hydrogens is 437 g/mol. The molecule has 0 radical (unpaired) electrons. The first kappa shape index (κ1) is 23.0. The molecule has 3 aliphatic heterocycles. The second-order valence-corrected chi connectivity index (χ2v) is 9.38. The van der Waals surface area contributed by atoms with Crippen molar-refractivity contribution >= 4 is 29.6 Å². The van der Waals surface area contributed by atoms with Crippen molar-refractivity contribution in [1.82, 2.24) is 25.8 Å². The molecule has 0 aromatic heterocycles. The highest BCUT2D eigenvalue weighted by molar-refractivity contribution is 8.00. The van der Waals surface area contributed by atoms with Gasteiger partial charge in [0.05, 0.1) is 35.5 Å². The number of amides is 4. The van der Waals surface area contributed by atoms with Gasteiger partial charge in [0.15, 0.2) is 0 Å². The molecule has 9 nitrogen and oxygen atoms in total. The Balaban J connectivity index is 1.48. The third-order valence-electron chi connectivity index (χ3n) is 6.08. The number of carbonyl (C=O) groups excluding carboxylic acids is 3. The highest BCUT2D eigenvalue weighted by Crippen LogP contribution is 2.34. The van der Waals surface area contributed by atoms with E-state index in [1.165, 1.54) is 35.8 Å². The summed E-state index contributed by atoms with van der Waals surface area (Å²) in [6.07, 6.45) is 0.902. The van der Waals surface area contributed by atoms with Crippen LogP contribution in [0.1, 0.15) is 24.6 Å². The van der Waals surface area contributed by atoms with E-state index >= 15 is 0 Å². The minimum atomic E-state index is -0.608. The summed E-state index contributed by atoms with van der Waals surface area (Å²) in [4.78, 5) is 40.5. The van der Waals surface area contributed by atoms with Gasteiger partial charge in [-0.1, -0.05) is 12.1 Å². The first-order chi connectivity index (χ1) is 15.3. The van der Waals surface area contributed by atoms with Gasteiger partial charge >= 0.3 is 6.03 Å². The van der Waals surface area contributed by atoms with Crippen molar-refractivity contribution in [1.29, 1.82) is 0 Å². The number of rotatable bonds is 6. The molecule has 3 aliphatic rings. The summed E-state index contributed by atoms with van der Waals surface area (Å²) in [7, 11) is 3.08. The van der Waals surface area contributed by atoms with Crippen LogP contribution in [0.4, 0.5) is 9.18 Å². The summed E-state index contributed by atoms with van der Waals surface area (Å²) < 4.78 is 19.4. The van der Waals surface area contributed by atoms with E-state index in [1.54, 1.807) is 19.2 Å². The molecular formula is C21H28FN5O4S. The topological polar surface area (TPSA) is 103 Å². The van der Waals surface area contributed by atoms with E-state index in [0.717, 1.165) is 24.3 Å². The van der Waals surface area contributed by atoms with E-state index in [1.807, 2.05) is 0 Å². The molecule has 3 heterocycles. The monoisotopic (exact) mass is 465 g/mol. The number of urea groups is 1. The van der Waals surface area contributed by atoms with Crippen molar-refractivity contribution in [2.24, 2.45) is 5.92 Å². The fraction of sp³-hybridized carbons (Fsp3) is 0.571. The van der Waals surface area contributed by atoms with Crippen molar-refractivity contribution in [2.45, 2.75) is 36.7 Å². The number of nitrogens with zero attached hydrogens (tertiary/aromatic N) is 2. The van der Waals surface area contributed by atoms with Crippen molar-refractivity contribution < 1.29 is 23.5 Å². The Kier molecular flexibility index (Phi) is 6.99. The maximum Gasteiger partial charge on any atom is 0.327 e. The number of nitrogens with one attached hydrogen (secondary N) is 3. The number of carbonyl (C=O) groups is 3. The van der Waals surface area contributed by atoms with Gasteiger partial charge in [-0.3, -0.25) is 25.1 Å². The third-order valence-corrected chi connectivity index (χ3v) is 7.30. The summed E-state index contributed by atoms with van der Waals surface area (Å²) in [6.45, 7) is 1.19. The molecule has 3 fully saturated rings. The summed E-state index contributed by atoms with van der Waals surface area (Å²) >= 11 is 1.30. The molecule has 0 bridgehead atoms. The van der Waals surface area contributed by atoms with Gasteiger partial charge in [-0.25, -0.2) is 9.18 Å². The van der Waals surface area contributed by atoms with E-state index in [2.05, 4.69) is 16.0 Å². The maximum absolute atomic E-state index is 13.8. The van der Waals surface area contributed by atoms with Crippen LogP contribution in [-0.2, 0) is 14.3 Å². The van der Waals surface area contributed by atoms with Crippen LogP contribution in [0.15, 0.2) is 24.3 Å². The van der Waals surface area contributed by atoms with Gasteiger partial charge in [0.2, 0.25) is 11.8 Å². The van der Waals surface area contributed by atoms with Gasteiger partial charge in [-0.05, 0) is 30.5 Å². The first-order valence-electron chi connectivity index (χ1n) is 10.7. The van der Waals surface area contributed by atoms with Gasteiger partial charge in [0, 0.05) is 27.2 Å². The lowest BCUT2D eigenvalue weighted by atomic mass is 9.96. The molecule has 4 rings (SSSR count). The standard InChI is InChI=1S/C21H28FN5O4S/c1-26-18-16(20(29)27(2)21(26)30)19(25-17(24-18)12-5-3-6-13(22)9-12)32-11-15(28)23-10-14-7-4-8-31-14/h3,5-6,9,14,16-19,24-25H,4,7-8,10-11H2,1-2H3,(H,23,28). The number of hydrogen-bond donors (Lipinski definition) is 3. The van der Waals surface area contributed by atoms with Crippen molar-refractivity contribution in [2.75, 3.05) is 33.0 Å². The molecule has 1 aromatic rings. The minimum absolute atomic E-state index is 0.0518. The van der Waals surface area contributed by atoms with Crippen LogP contribution in [0.25, 0.3) is 0 Å². The summed E-state index contributed by atoms with van der Waals surface area (Å²) in [5.74, 6) is -1.32. The van der Waals surface area contributed by atoms with Gasteiger partial charge < -0.3 is 15.0 Å². The van der Waals surface area contributed by atoms with Crippen LogP contribution >= 0.6 is 11.8 Å². The minimum Gasteiger partial charge on any atom is -0.376 e. The molecule has 5 atom stereocenters. The normalized spacial score (nSPS) is 30.4. The molecule has 5 unspecified atom stereocenters. The van der Waals surface area contributed by atoms with E-state index in [4.69, 9.17) is 4.74 Å². The van der Waals surface area contributed by atoms with E-state index in [9.17, 15) is 18.8 Å². The van der Waals surface area contributed by atoms with Crippen LogP contribution in [-0.4, -0.2) is 78.3 Å². The Hall–Kier alpha value is -2.21. The summed E-state index contributed by atoms with van der Waals surface area (Å²) in [5.41, 5.74) is 0.643. The summed E-state index contributed by atoms with van der Waals surface area (Å²) in [6, 6.07) is 5.72. The fourth-order valence-electron chi connectivity index (χ4n) is 4.33. The van der Waals surface area contributed by atoms with Crippen molar-refractivity contribution in [3.8, 4) is 0 Å². The number of imide groups is 1. The highest BCUT2D eigenvalue weighted by Gasteiger charge is 2.51. The van der Waals surface area contributed by atoms with Crippen molar-refractivity contribution in [3.05, 3.63) is 35.6 Å². The van der Waals surface area contributed by atoms with Crippen LogP contribution in [0.2, 0.25) is 0 Å². The van der Waals surface area contributed by atoms with Crippen LogP contribution < -0.4 is 16.0 Å². The zero-order chi connectivity index (χ0) is 22.8. The zero-order valence-corrected chi connectivity index (χ0v) is 18.9. The number of benzene rings is 1. The zero-order valence-electron chi connectivity index (χ0n) is 18.0. The molecule has 1 aromatic carbocycles. The SMILES string of the molecule is CN1C(=O)C2C(SCC(=O)NCC3CCCO3)NC(c3cccc(F)c3)NC2N(C)C1=O. The quantitative estimate of drug-likeness (QED) is 0.572. The number of hydrogen-bond acceptors (Lipinski definition) is 7. The second kappa shape index (κ2) is 9.74. The molecule has 3 N–H and O–H groups in total. The summed E-state index contributed by atoms with van der Waals surface area (Å²) in [5, 5.41) is 9.01. The van der Waals surface area contributed by atoms with E-state index in [0.29, 0.717) is 12.1 Å². The molecule has 3 saturated heterocycles. The average molecular weight is 466 g/mol. The number of fused-ring (bicyclic) bond motifs is 1. The molecule has 0 saturated carbocycles. The fourth-order valence-corrected chi connectivity index (χ4v) is 5.46. The lowest BCUT2D eigenvalue weighted by Gasteiger charge is -2.50. The van der Waals surface area contributed by atoms with Gasteiger partial charge in [-0.15, -0.1) is 11.8 Å². The Bertz CT molecular complexity index is 884. The van der Waals surface area contributed by atoms with Crippen molar-refractivity contribution in [3.63, 3.8) is 0 Å². The molecule has 32 heavy (non-hydrogen) atoms. The molecule has 0 aliphatic carbocycles. The van der Waals surface area contributed by atoms with Gasteiger partial charge in [0.1, 0.15) is 5.82 Å². The van der Waals surface area contributed by atoms with Crippen LogP contribution in [0, 0.1) is 11.7 Å². The number of thioether (sulfide) groups is 1. The lowest BCUT2D eigenvalue weighted by molar-refractivity contribution is -0.140. The lowest BCUT2D eigenvalue weighted by Crippen LogP contribution is -2.72. The molecule has 11 heteroatoms. The Morgan fingerprint density at radius 3 is 2.84 bits per heavy atom. The number of halogens is 1. The maximum atomic E-state index is 13.8. The predicted octanol–water partition coefficient (Wildman–Crippen LogP) is 0.838. The van der Waals surface area contributed by atoms with Gasteiger partial charge in [-0.2, -0.15) is 0 Å². The van der Waals surface area contributed by atoms with Crippen LogP contribution in [0.3, 0.4) is 0 Å². The van der Waals surface area contributed by atoms with Crippen LogP contribution in [0.5, 0.6) is 0 Å². The predicted molar refractivity (Wildman–Crippen MR) is 117 cm³/mol. The van der Waals surface area contributed by atoms with Gasteiger partial charge in [0.25, 0.3) is 0 Å². The smallest absolute Gasteiger partial charge is 0.327 e. The molecule has 4 amide bonds. The Morgan fingerprint density at radius 2 is 2.12 bits per heavy atom. The molecule has 174 valence electrons. The molecule has 0 spiro atoms. The largest absolute Gasteiger partial charge is 0.376 e. The second-order valence-electron chi connectivity index (χ2n) is 8.25. The number of ether oxygens (including phenoxy) is 1. The Morgan fingerprint density at radius 1 is 1.31 bits per heavy atom. The average Bonchev–Trinajstić information content (AvgIpc) is 3.31. The highest BCUT2D eigenvalue weighted by atomic mass is 32.2. The van der Waals surface area contributed by atoms with E-state index in [-0.39, 0.29) is 29.5 Å². The Labute approximate surface area is 190 Å².